The van der Waals surface area contributed by atoms with Crippen molar-refractivity contribution in [2.45, 2.75) is 63.8 Å². The quantitative estimate of drug-likeness (QED) is 0.268. The zero-order valence-corrected chi connectivity index (χ0v) is 15.2. The standard InChI is InChI=1S/C14H28NO.CHF3O3S/c1-3-4-5-6-7-8-9-10-11-15(2)12-14(16)13-15;2-1(3,4)8(5,6)7/h3-13H2,1-2H3;(H,5,6,7)/q+1;/p-1. The summed E-state index contributed by atoms with van der Waals surface area (Å²) in [5.74, 6) is 0.446. The second kappa shape index (κ2) is 10.4. The highest BCUT2D eigenvalue weighted by molar-refractivity contribution is 7.86. The highest BCUT2D eigenvalue weighted by atomic mass is 32.2. The minimum Gasteiger partial charge on any atom is -0.741 e. The molecule has 0 N–H and O–H groups in total. The van der Waals surface area contributed by atoms with Gasteiger partial charge in [-0.05, 0) is 12.8 Å². The van der Waals surface area contributed by atoms with Crippen LogP contribution >= 0.6 is 0 Å². The van der Waals surface area contributed by atoms with E-state index in [4.69, 9.17) is 13.0 Å². The molecular formula is C15H28F3NO4S. The number of nitrogens with zero attached hydrogens (tertiary/aromatic N) is 1. The molecule has 1 aliphatic rings. The largest absolute Gasteiger partial charge is 0.741 e. The summed E-state index contributed by atoms with van der Waals surface area (Å²) in [7, 11) is -3.88. The van der Waals surface area contributed by atoms with Crippen molar-refractivity contribution in [2.75, 3.05) is 26.7 Å². The van der Waals surface area contributed by atoms with Gasteiger partial charge in [0, 0.05) is 0 Å². The molecule has 24 heavy (non-hydrogen) atoms. The van der Waals surface area contributed by atoms with Gasteiger partial charge >= 0.3 is 5.51 Å². The van der Waals surface area contributed by atoms with Crippen molar-refractivity contribution in [3.8, 4) is 0 Å². The number of carbonyl (C=O) groups excluding carboxylic acids is 1. The van der Waals surface area contributed by atoms with Crippen LogP contribution in [0.4, 0.5) is 13.2 Å². The fourth-order valence-corrected chi connectivity index (χ4v) is 2.59. The lowest BCUT2D eigenvalue weighted by molar-refractivity contribution is -0.916. The number of Topliss-reactive ketones (excluding diaryl/α,β-unsaturated/α-hetero) is 1. The van der Waals surface area contributed by atoms with E-state index in [0.717, 1.165) is 17.6 Å². The van der Waals surface area contributed by atoms with E-state index in [0.29, 0.717) is 5.78 Å². The smallest absolute Gasteiger partial charge is 0.485 e. The molecule has 0 radical (unpaired) electrons. The van der Waals surface area contributed by atoms with Crippen LogP contribution in [0.25, 0.3) is 0 Å². The molecule has 5 nitrogen and oxygen atoms in total. The predicted molar refractivity (Wildman–Crippen MR) is 84.2 cm³/mol. The third kappa shape index (κ3) is 10.2. The van der Waals surface area contributed by atoms with Crippen LogP contribution in [0.3, 0.4) is 0 Å². The number of alkyl halides is 3. The van der Waals surface area contributed by atoms with Crippen molar-refractivity contribution in [1.29, 1.82) is 0 Å². The molecule has 0 unspecified atom stereocenters. The van der Waals surface area contributed by atoms with Gasteiger partial charge in [-0.15, -0.1) is 0 Å². The highest BCUT2D eigenvalue weighted by Gasteiger charge is 2.38. The molecule has 1 fully saturated rings. The first kappa shape index (κ1) is 23.3. The summed E-state index contributed by atoms with van der Waals surface area (Å²) in [5.41, 5.74) is -5.65. The normalized spacial score (nSPS) is 17.0. The number of carbonyl (C=O) groups is 1. The molecule has 0 aromatic heterocycles. The first-order valence-corrected chi connectivity index (χ1v) is 9.69. The zero-order valence-electron chi connectivity index (χ0n) is 14.4. The molecule has 1 aliphatic heterocycles. The summed E-state index contributed by atoms with van der Waals surface area (Å²) in [6.07, 6.45) is 11.0. The second-order valence-corrected chi connectivity index (χ2v) is 7.94. The average Bonchev–Trinajstić information content (AvgIpc) is 2.39. The predicted octanol–water partition coefficient (Wildman–Crippen LogP) is 3.21. The molecule has 144 valence electrons. The van der Waals surface area contributed by atoms with Gasteiger partial charge in [-0.3, -0.25) is 4.79 Å². The lowest BCUT2D eigenvalue weighted by Gasteiger charge is -2.40. The van der Waals surface area contributed by atoms with E-state index in [9.17, 15) is 18.0 Å². The Morgan fingerprint density at radius 1 is 1.00 bits per heavy atom. The maximum absolute atomic E-state index is 10.9. The van der Waals surface area contributed by atoms with E-state index in [1.54, 1.807) is 0 Å². The van der Waals surface area contributed by atoms with E-state index in [1.807, 2.05) is 0 Å². The van der Waals surface area contributed by atoms with Crippen LogP contribution in [0.1, 0.15) is 58.3 Å². The zero-order chi connectivity index (χ0) is 18.9. The van der Waals surface area contributed by atoms with Crippen molar-refractivity contribution in [3.05, 3.63) is 0 Å². The molecule has 1 heterocycles. The Balaban J connectivity index is 0.000000561. The highest BCUT2D eigenvalue weighted by Crippen LogP contribution is 2.20. The van der Waals surface area contributed by atoms with Gasteiger partial charge in [-0.2, -0.15) is 13.2 Å². The topological polar surface area (TPSA) is 74.3 Å². The summed E-state index contributed by atoms with van der Waals surface area (Å²) in [4.78, 5) is 10.9. The Hall–Kier alpha value is -0.670. The monoisotopic (exact) mass is 375 g/mol. The lowest BCUT2D eigenvalue weighted by Crippen LogP contribution is -2.61. The number of likely N-dealkylation sites (tertiary alicyclic amines) is 1. The number of hydrogen-bond acceptors (Lipinski definition) is 4. The van der Waals surface area contributed by atoms with Crippen molar-refractivity contribution < 1.29 is 35.4 Å². The van der Waals surface area contributed by atoms with E-state index >= 15 is 0 Å². The average molecular weight is 375 g/mol. The van der Waals surface area contributed by atoms with Crippen LogP contribution in [0, 0.1) is 0 Å². The summed E-state index contributed by atoms with van der Waals surface area (Å²) < 4.78 is 59.9. The number of unbranched alkanes of at least 4 members (excludes halogenated alkanes) is 7. The van der Waals surface area contributed by atoms with Crippen LogP contribution < -0.4 is 0 Å². The Bertz CT molecular complexity index is 470. The maximum Gasteiger partial charge on any atom is 0.485 e. The van der Waals surface area contributed by atoms with E-state index in [-0.39, 0.29) is 0 Å². The third-order valence-electron chi connectivity index (χ3n) is 3.95. The minimum atomic E-state index is -6.09. The van der Waals surface area contributed by atoms with Gasteiger partial charge in [0.25, 0.3) is 0 Å². The van der Waals surface area contributed by atoms with Crippen LogP contribution in [-0.2, 0) is 14.9 Å². The number of halogens is 3. The van der Waals surface area contributed by atoms with Crippen molar-refractivity contribution in [2.24, 2.45) is 0 Å². The molecule has 0 atom stereocenters. The number of hydrogen-bond donors (Lipinski definition) is 0. The van der Waals surface area contributed by atoms with Gasteiger partial charge < -0.3 is 9.04 Å². The van der Waals surface area contributed by atoms with Gasteiger partial charge in [0.1, 0.15) is 13.1 Å². The van der Waals surface area contributed by atoms with Crippen molar-refractivity contribution in [3.63, 3.8) is 0 Å². The fourth-order valence-electron chi connectivity index (χ4n) is 2.59. The molecular weight excluding hydrogens is 347 g/mol. The molecule has 0 aliphatic carbocycles. The van der Waals surface area contributed by atoms with Gasteiger partial charge in [-0.1, -0.05) is 45.4 Å². The summed E-state index contributed by atoms with van der Waals surface area (Å²) in [5, 5.41) is 0. The van der Waals surface area contributed by atoms with E-state index in [2.05, 4.69) is 14.0 Å². The number of rotatable bonds is 9. The van der Waals surface area contributed by atoms with Gasteiger partial charge in [0.2, 0.25) is 5.78 Å². The number of quaternary nitrogens is 1. The molecule has 0 spiro atoms. The summed E-state index contributed by atoms with van der Waals surface area (Å²) in [6, 6.07) is 0. The summed E-state index contributed by atoms with van der Waals surface area (Å²) >= 11 is 0. The SMILES string of the molecule is CCCCCCCCCC[N+]1(C)CC(=O)C1.O=S(=O)([O-])C(F)(F)F. The second-order valence-electron chi connectivity index (χ2n) is 6.57. The molecule has 0 bridgehead atoms. The lowest BCUT2D eigenvalue weighted by atomic mass is 10.1. The molecule has 0 saturated carbocycles. The fraction of sp³-hybridized carbons (Fsp3) is 0.933. The van der Waals surface area contributed by atoms with Crippen LogP contribution in [0.15, 0.2) is 0 Å². The van der Waals surface area contributed by atoms with Gasteiger partial charge in [0.15, 0.2) is 10.1 Å². The first-order chi connectivity index (χ1) is 10.9. The molecule has 9 heteroatoms. The van der Waals surface area contributed by atoms with Gasteiger partial charge in [-0.25, -0.2) is 8.42 Å². The molecule has 0 aromatic rings. The van der Waals surface area contributed by atoms with E-state index in [1.165, 1.54) is 57.9 Å². The van der Waals surface area contributed by atoms with Crippen molar-refractivity contribution >= 4 is 15.9 Å². The van der Waals surface area contributed by atoms with Crippen molar-refractivity contribution in [1.82, 2.24) is 0 Å². The Morgan fingerprint density at radius 3 is 1.71 bits per heavy atom. The van der Waals surface area contributed by atoms with Crippen LogP contribution in [0.5, 0.6) is 0 Å². The van der Waals surface area contributed by atoms with Gasteiger partial charge in [0.05, 0.1) is 13.6 Å². The molecule has 1 rings (SSSR count). The number of likely N-dealkylation sites (N-methyl/N-ethyl adjacent to an activating group) is 1. The Morgan fingerprint density at radius 2 is 1.38 bits per heavy atom. The first-order valence-electron chi connectivity index (χ1n) is 8.29. The molecule has 0 amide bonds. The number of ketones is 1. The molecule has 1 saturated heterocycles. The van der Waals surface area contributed by atoms with E-state index < -0.39 is 15.6 Å². The van der Waals surface area contributed by atoms with Crippen LogP contribution in [0.2, 0.25) is 0 Å². The third-order valence-corrected chi connectivity index (χ3v) is 4.52. The Labute approximate surface area is 142 Å². The Kier molecular flexibility index (Phi) is 10.1. The maximum atomic E-state index is 10.9. The molecule has 0 aromatic carbocycles. The van der Waals surface area contributed by atoms with Crippen LogP contribution in [-0.4, -0.2) is 55.4 Å². The minimum absolute atomic E-state index is 0.446. The summed E-state index contributed by atoms with van der Waals surface area (Å²) in [6.45, 7) is 5.05.